The third kappa shape index (κ3) is 6.40. The number of carbonyl (C=O) groups excluding carboxylic acids is 1. The summed E-state index contributed by atoms with van der Waals surface area (Å²) < 4.78 is 5.89. The highest BCUT2D eigenvalue weighted by molar-refractivity contribution is 5.95. The standard InChI is InChI=1S/C27H30O2/c1-2-3-4-5-6-7-11-18-26(23-15-9-8-10-16-23)29-27(28)25-20-19-22-14-12-13-17-24(22)21-25/h12-14,17,19-21,23,26H,2-5,8-10,15-16H2,1H3/t26-/m1/s1. The first kappa shape index (κ1) is 21.0. The lowest BCUT2D eigenvalue weighted by molar-refractivity contribution is 0.0252. The van der Waals surface area contributed by atoms with Crippen molar-refractivity contribution in [1.82, 2.24) is 0 Å². The maximum Gasteiger partial charge on any atom is 0.339 e. The first-order valence-electron chi connectivity index (χ1n) is 11.0. The van der Waals surface area contributed by atoms with Crippen LogP contribution in [0.4, 0.5) is 0 Å². The lowest BCUT2D eigenvalue weighted by atomic mass is 9.85. The molecule has 1 aliphatic carbocycles. The number of esters is 1. The fourth-order valence-electron chi connectivity index (χ4n) is 3.86. The monoisotopic (exact) mass is 386 g/mol. The van der Waals surface area contributed by atoms with E-state index in [1.165, 1.54) is 32.1 Å². The van der Waals surface area contributed by atoms with Crippen molar-refractivity contribution in [3.63, 3.8) is 0 Å². The van der Waals surface area contributed by atoms with Crippen molar-refractivity contribution in [2.24, 2.45) is 5.92 Å². The Morgan fingerprint density at radius 2 is 1.83 bits per heavy atom. The van der Waals surface area contributed by atoms with Crippen LogP contribution in [0.5, 0.6) is 0 Å². The molecule has 2 aromatic rings. The van der Waals surface area contributed by atoms with E-state index in [0.717, 1.165) is 36.5 Å². The molecule has 0 bridgehead atoms. The van der Waals surface area contributed by atoms with Gasteiger partial charge in [-0.15, -0.1) is 0 Å². The summed E-state index contributed by atoms with van der Waals surface area (Å²) >= 11 is 0. The minimum absolute atomic E-state index is 0.295. The van der Waals surface area contributed by atoms with Crippen LogP contribution in [-0.4, -0.2) is 12.1 Å². The van der Waals surface area contributed by atoms with Crippen LogP contribution in [0.2, 0.25) is 0 Å². The first-order chi connectivity index (χ1) is 14.3. The van der Waals surface area contributed by atoms with Gasteiger partial charge in [0.2, 0.25) is 0 Å². The molecule has 0 spiro atoms. The van der Waals surface area contributed by atoms with Crippen LogP contribution in [0, 0.1) is 29.6 Å². The molecule has 150 valence electrons. The van der Waals surface area contributed by atoms with Gasteiger partial charge in [0, 0.05) is 12.3 Å². The van der Waals surface area contributed by atoms with Gasteiger partial charge < -0.3 is 4.74 Å². The number of carbonyl (C=O) groups is 1. The van der Waals surface area contributed by atoms with Crippen LogP contribution in [0.15, 0.2) is 42.5 Å². The van der Waals surface area contributed by atoms with Crippen LogP contribution >= 0.6 is 0 Å². The molecule has 2 nitrogen and oxygen atoms in total. The molecular formula is C27H30O2. The number of benzene rings is 2. The van der Waals surface area contributed by atoms with Crippen molar-refractivity contribution in [1.29, 1.82) is 0 Å². The van der Waals surface area contributed by atoms with Crippen molar-refractivity contribution in [3.05, 3.63) is 48.0 Å². The van der Waals surface area contributed by atoms with Gasteiger partial charge in [0.25, 0.3) is 0 Å². The Morgan fingerprint density at radius 3 is 2.62 bits per heavy atom. The highest BCUT2D eigenvalue weighted by Crippen LogP contribution is 2.28. The van der Waals surface area contributed by atoms with Crippen molar-refractivity contribution in [3.8, 4) is 23.7 Å². The average Bonchev–Trinajstić information content (AvgIpc) is 2.77. The van der Waals surface area contributed by atoms with Gasteiger partial charge in [-0.3, -0.25) is 0 Å². The smallest absolute Gasteiger partial charge is 0.339 e. The molecule has 0 heterocycles. The number of unbranched alkanes of at least 4 members (excludes halogenated alkanes) is 3. The van der Waals surface area contributed by atoms with E-state index in [2.05, 4.69) is 30.6 Å². The molecular weight excluding hydrogens is 356 g/mol. The Balaban J connectivity index is 1.70. The van der Waals surface area contributed by atoms with Gasteiger partial charge in [-0.25, -0.2) is 4.79 Å². The Labute approximate surface area is 175 Å². The van der Waals surface area contributed by atoms with E-state index in [1.54, 1.807) is 0 Å². The highest BCUT2D eigenvalue weighted by atomic mass is 16.5. The topological polar surface area (TPSA) is 26.3 Å². The third-order valence-electron chi connectivity index (χ3n) is 5.57. The van der Waals surface area contributed by atoms with Gasteiger partial charge in [0.05, 0.1) is 5.56 Å². The summed E-state index contributed by atoms with van der Waals surface area (Å²) in [5, 5.41) is 2.16. The molecule has 0 amide bonds. The predicted molar refractivity (Wildman–Crippen MR) is 119 cm³/mol. The molecule has 1 aliphatic rings. The molecule has 0 unspecified atom stereocenters. The Bertz CT molecular complexity index is 929. The Morgan fingerprint density at radius 1 is 1.03 bits per heavy atom. The highest BCUT2D eigenvalue weighted by Gasteiger charge is 2.26. The van der Waals surface area contributed by atoms with Crippen molar-refractivity contribution < 1.29 is 9.53 Å². The van der Waals surface area contributed by atoms with E-state index < -0.39 is 0 Å². The second-order valence-corrected chi connectivity index (χ2v) is 7.81. The predicted octanol–water partition coefficient (Wildman–Crippen LogP) is 6.53. The zero-order chi connectivity index (χ0) is 20.3. The summed E-state index contributed by atoms with van der Waals surface area (Å²) in [6.45, 7) is 2.19. The summed E-state index contributed by atoms with van der Waals surface area (Å²) in [5.74, 6) is 12.2. The van der Waals surface area contributed by atoms with Gasteiger partial charge in [-0.1, -0.05) is 75.3 Å². The molecule has 0 aromatic heterocycles. The van der Waals surface area contributed by atoms with Crippen molar-refractivity contribution in [2.75, 3.05) is 0 Å². The lowest BCUT2D eigenvalue weighted by Crippen LogP contribution is -2.27. The normalized spacial score (nSPS) is 14.9. The Kier molecular flexibility index (Phi) is 8.21. The molecule has 1 atom stereocenters. The van der Waals surface area contributed by atoms with Crippen molar-refractivity contribution >= 4 is 16.7 Å². The van der Waals surface area contributed by atoms with Crippen LogP contribution in [0.1, 0.15) is 75.1 Å². The molecule has 0 aliphatic heterocycles. The number of fused-ring (bicyclic) bond motifs is 1. The van der Waals surface area contributed by atoms with E-state index in [1.807, 2.05) is 42.5 Å². The maximum atomic E-state index is 12.8. The Hall–Kier alpha value is -2.71. The summed E-state index contributed by atoms with van der Waals surface area (Å²) in [6, 6.07) is 13.7. The molecule has 0 radical (unpaired) electrons. The van der Waals surface area contributed by atoms with Gasteiger partial charge in [-0.2, -0.15) is 0 Å². The largest absolute Gasteiger partial charge is 0.445 e. The molecule has 1 saturated carbocycles. The third-order valence-corrected chi connectivity index (χ3v) is 5.57. The zero-order valence-corrected chi connectivity index (χ0v) is 17.4. The molecule has 1 fully saturated rings. The number of ether oxygens (including phenoxy) is 1. The fourth-order valence-corrected chi connectivity index (χ4v) is 3.86. The second kappa shape index (κ2) is 11.3. The van der Waals surface area contributed by atoms with Gasteiger partial charge in [0.1, 0.15) is 0 Å². The van der Waals surface area contributed by atoms with Gasteiger partial charge in [-0.05, 0) is 59.9 Å². The SMILES string of the molecule is CCCCCC#CC#C[C@@H](OC(=O)c1ccc2ccccc2c1)C1CCCCC1. The van der Waals surface area contributed by atoms with Crippen LogP contribution in [0.3, 0.4) is 0 Å². The quantitative estimate of drug-likeness (QED) is 0.320. The summed E-state index contributed by atoms with van der Waals surface area (Å²) in [5.41, 5.74) is 0.581. The molecule has 2 heteroatoms. The van der Waals surface area contributed by atoms with E-state index in [-0.39, 0.29) is 12.1 Å². The van der Waals surface area contributed by atoms with E-state index in [9.17, 15) is 4.79 Å². The molecule has 29 heavy (non-hydrogen) atoms. The van der Waals surface area contributed by atoms with Crippen LogP contribution in [-0.2, 0) is 4.74 Å². The van der Waals surface area contributed by atoms with E-state index >= 15 is 0 Å². The van der Waals surface area contributed by atoms with E-state index in [4.69, 9.17) is 4.74 Å². The van der Waals surface area contributed by atoms with Gasteiger partial charge in [0.15, 0.2) is 6.10 Å². The summed E-state index contributed by atoms with van der Waals surface area (Å²) in [6.07, 6.45) is 9.77. The fraction of sp³-hybridized carbons (Fsp3) is 0.444. The van der Waals surface area contributed by atoms with E-state index in [0.29, 0.717) is 11.5 Å². The summed E-state index contributed by atoms with van der Waals surface area (Å²) in [4.78, 5) is 12.8. The second-order valence-electron chi connectivity index (χ2n) is 7.81. The lowest BCUT2D eigenvalue weighted by Gasteiger charge is -2.26. The minimum atomic E-state index is -0.376. The molecule has 0 N–H and O–H groups in total. The van der Waals surface area contributed by atoms with Gasteiger partial charge >= 0.3 is 5.97 Å². The number of rotatable bonds is 6. The summed E-state index contributed by atoms with van der Waals surface area (Å²) in [7, 11) is 0. The van der Waals surface area contributed by atoms with Crippen molar-refractivity contribution in [2.45, 2.75) is 70.8 Å². The van der Waals surface area contributed by atoms with Crippen LogP contribution < -0.4 is 0 Å². The average molecular weight is 387 g/mol. The first-order valence-corrected chi connectivity index (χ1v) is 11.0. The molecule has 0 saturated heterocycles. The zero-order valence-electron chi connectivity index (χ0n) is 17.4. The molecule has 2 aromatic carbocycles. The molecule has 3 rings (SSSR count). The number of hydrogen-bond donors (Lipinski definition) is 0. The maximum absolute atomic E-state index is 12.8. The number of hydrogen-bond acceptors (Lipinski definition) is 2. The van der Waals surface area contributed by atoms with Crippen LogP contribution in [0.25, 0.3) is 10.8 Å². The minimum Gasteiger partial charge on any atom is -0.445 e.